The van der Waals surface area contributed by atoms with Gasteiger partial charge in [0.2, 0.25) is 0 Å². The molecule has 4 atom stereocenters. The fourth-order valence-corrected chi connectivity index (χ4v) is 3.80. The van der Waals surface area contributed by atoms with E-state index in [0.29, 0.717) is 18.6 Å². The van der Waals surface area contributed by atoms with Crippen molar-refractivity contribution in [1.82, 2.24) is 0 Å². The maximum absolute atomic E-state index is 9.45. The van der Waals surface area contributed by atoms with E-state index in [1.54, 1.807) is 0 Å². The van der Waals surface area contributed by atoms with Crippen LogP contribution in [0.3, 0.4) is 0 Å². The summed E-state index contributed by atoms with van der Waals surface area (Å²) in [7, 11) is 0. The number of aliphatic hydroxyl groups excluding tert-OH is 1. The fourth-order valence-electron chi connectivity index (χ4n) is 3.80. The monoisotopic (exact) mass is 240 g/mol. The summed E-state index contributed by atoms with van der Waals surface area (Å²) in [5.41, 5.74) is 0. The van der Waals surface area contributed by atoms with Gasteiger partial charge in [0.1, 0.15) is 0 Å². The van der Waals surface area contributed by atoms with E-state index < -0.39 is 0 Å². The first-order chi connectivity index (χ1) is 8.36. The van der Waals surface area contributed by atoms with Crippen molar-refractivity contribution >= 4 is 0 Å². The Morgan fingerprint density at radius 2 is 1.82 bits per heavy atom. The van der Waals surface area contributed by atoms with Gasteiger partial charge in [0, 0.05) is 19.1 Å². The van der Waals surface area contributed by atoms with E-state index in [9.17, 15) is 5.11 Å². The molecule has 0 amide bonds. The minimum Gasteiger partial charge on any atom is -0.396 e. The van der Waals surface area contributed by atoms with Crippen LogP contribution in [-0.4, -0.2) is 24.4 Å². The highest BCUT2D eigenvalue weighted by molar-refractivity contribution is 4.97. The molecule has 0 heterocycles. The van der Waals surface area contributed by atoms with Crippen LogP contribution in [0.4, 0.5) is 0 Å². The molecule has 0 unspecified atom stereocenters. The molecule has 0 radical (unpaired) electrons. The Balaban J connectivity index is 1.62. The smallest absolute Gasteiger partial charge is 0.0656 e. The van der Waals surface area contributed by atoms with E-state index in [4.69, 9.17) is 4.74 Å². The van der Waals surface area contributed by atoms with Gasteiger partial charge in [-0.3, -0.25) is 0 Å². The summed E-state index contributed by atoms with van der Waals surface area (Å²) in [5.74, 6) is 1.97. The van der Waals surface area contributed by atoms with Crippen LogP contribution in [0.5, 0.6) is 0 Å². The largest absolute Gasteiger partial charge is 0.396 e. The summed E-state index contributed by atoms with van der Waals surface area (Å²) in [6.07, 6.45) is 10.9. The Hall–Kier alpha value is -0.0800. The number of fused-ring (bicyclic) bond motifs is 2. The molecular formula is C15H28O2. The lowest BCUT2D eigenvalue weighted by atomic mass is 9.87. The number of ether oxygens (including phenoxy) is 1. The van der Waals surface area contributed by atoms with E-state index in [2.05, 4.69) is 6.92 Å². The predicted octanol–water partition coefficient (Wildman–Crippen LogP) is 3.38. The van der Waals surface area contributed by atoms with E-state index in [1.165, 1.54) is 51.4 Å². The van der Waals surface area contributed by atoms with Crippen molar-refractivity contribution < 1.29 is 9.84 Å². The highest BCUT2D eigenvalue weighted by Crippen LogP contribution is 2.49. The van der Waals surface area contributed by atoms with Crippen molar-refractivity contribution in [1.29, 1.82) is 0 Å². The van der Waals surface area contributed by atoms with Gasteiger partial charge < -0.3 is 9.84 Å². The molecule has 2 fully saturated rings. The molecule has 0 saturated heterocycles. The minimum atomic E-state index is 0.335. The van der Waals surface area contributed by atoms with Crippen LogP contribution in [0.15, 0.2) is 0 Å². The number of hydrogen-bond donors (Lipinski definition) is 1. The lowest BCUT2D eigenvalue weighted by Crippen LogP contribution is -2.33. The first kappa shape index (κ1) is 13.4. The third kappa shape index (κ3) is 3.23. The molecule has 0 aromatic carbocycles. The van der Waals surface area contributed by atoms with Gasteiger partial charge in [0.25, 0.3) is 0 Å². The quantitative estimate of drug-likeness (QED) is 0.659. The molecule has 0 aromatic heterocycles. The van der Waals surface area contributed by atoms with Crippen molar-refractivity contribution in [2.75, 3.05) is 13.2 Å². The number of aliphatic hydroxyl groups is 1. The predicted molar refractivity (Wildman–Crippen MR) is 69.9 cm³/mol. The molecule has 2 bridgehead atoms. The third-order valence-corrected chi connectivity index (χ3v) is 4.77. The van der Waals surface area contributed by atoms with Crippen molar-refractivity contribution in [2.24, 2.45) is 17.8 Å². The maximum Gasteiger partial charge on any atom is 0.0656 e. The maximum atomic E-state index is 9.45. The Bertz CT molecular complexity index is 217. The van der Waals surface area contributed by atoms with Gasteiger partial charge in [0.05, 0.1) is 6.10 Å². The van der Waals surface area contributed by atoms with Crippen molar-refractivity contribution in [3.05, 3.63) is 0 Å². The highest BCUT2D eigenvalue weighted by Gasteiger charge is 2.47. The van der Waals surface area contributed by atoms with Crippen LogP contribution in [0.25, 0.3) is 0 Å². The SMILES string of the molecule is CCCCCCCO[C@@H]1[C@H]2CC[C@H](C2)[C@H]1CO. The van der Waals surface area contributed by atoms with Crippen molar-refractivity contribution in [3.63, 3.8) is 0 Å². The van der Waals surface area contributed by atoms with Gasteiger partial charge in [-0.2, -0.15) is 0 Å². The molecular weight excluding hydrogens is 212 g/mol. The summed E-state index contributed by atoms with van der Waals surface area (Å²) in [5, 5.41) is 9.45. The summed E-state index contributed by atoms with van der Waals surface area (Å²) in [6.45, 7) is 3.49. The number of unbranched alkanes of at least 4 members (excludes halogenated alkanes) is 4. The van der Waals surface area contributed by atoms with Crippen LogP contribution in [-0.2, 0) is 4.74 Å². The molecule has 2 aliphatic carbocycles. The van der Waals surface area contributed by atoms with Crippen LogP contribution < -0.4 is 0 Å². The molecule has 2 nitrogen and oxygen atoms in total. The topological polar surface area (TPSA) is 29.5 Å². The lowest BCUT2D eigenvalue weighted by molar-refractivity contribution is -0.0369. The van der Waals surface area contributed by atoms with Crippen LogP contribution in [0.2, 0.25) is 0 Å². The Labute approximate surface area is 106 Å². The molecule has 0 aromatic rings. The Morgan fingerprint density at radius 1 is 1.06 bits per heavy atom. The average Bonchev–Trinajstić information content (AvgIpc) is 2.93. The van der Waals surface area contributed by atoms with Crippen LogP contribution >= 0.6 is 0 Å². The molecule has 100 valence electrons. The molecule has 0 aliphatic heterocycles. The lowest BCUT2D eigenvalue weighted by Gasteiger charge is -2.29. The minimum absolute atomic E-state index is 0.335. The van der Waals surface area contributed by atoms with Crippen molar-refractivity contribution in [2.45, 2.75) is 64.4 Å². The molecule has 0 spiro atoms. The second-order valence-corrected chi connectivity index (χ2v) is 5.93. The van der Waals surface area contributed by atoms with Crippen LogP contribution in [0, 0.1) is 17.8 Å². The zero-order valence-corrected chi connectivity index (χ0v) is 11.2. The Kier molecular flexibility index (Phi) is 5.30. The van der Waals surface area contributed by atoms with Gasteiger partial charge >= 0.3 is 0 Å². The fraction of sp³-hybridized carbons (Fsp3) is 1.00. The van der Waals surface area contributed by atoms with Gasteiger partial charge in [-0.25, -0.2) is 0 Å². The van der Waals surface area contributed by atoms with Crippen LogP contribution in [0.1, 0.15) is 58.3 Å². The second-order valence-electron chi connectivity index (χ2n) is 5.93. The van der Waals surface area contributed by atoms with Gasteiger partial charge in [0.15, 0.2) is 0 Å². The molecule has 1 N–H and O–H groups in total. The zero-order valence-electron chi connectivity index (χ0n) is 11.2. The van der Waals surface area contributed by atoms with E-state index in [1.807, 2.05) is 0 Å². The first-order valence-corrected chi connectivity index (χ1v) is 7.59. The van der Waals surface area contributed by atoms with Crippen molar-refractivity contribution in [3.8, 4) is 0 Å². The summed E-state index contributed by atoms with van der Waals surface area (Å²) < 4.78 is 6.06. The number of hydrogen-bond acceptors (Lipinski definition) is 2. The molecule has 2 rings (SSSR count). The summed E-state index contributed by atoms with van der Waals surface area (Å²) in [4.78, 5) is 0. The van der Waals surface area contributed by atoms with Gasteiger partial charge in [-0.1, -0.05) is 32.6 Å². The Morgan fingerprint density at radius 3 is 2.59 bits per heavy atom. The van der Waals surface area contributed by atoms with Gasteiger partial charge in [-0.15, -0.1) is 0 Å². The molecule has 2 heteroatoms. The van der Waals surface area contributed by atoms with E-state index in [-0.39, 0.29) is 0 Å². The third-order valence-electron chi connectivity index (χ3n) is 4.77. The van der Waals surface area contributed by atoms with E-state index in [0.717, 1.165) is 18.4 Å². The standard InChI is InChI=1S/C15H28O2/c1-2-3-4-5-6-9-17-15-13-8-7-12(10-13)14(15)11-16/h12-16H,2-11H2,1H3/t12-,13+,14-,15-/m1/s1. The summed E-state index contributed by atoms with van der Waals surface area (Å²) >= 11 is 0. The highest BCUT2D eigenvalue weighted by atomic mass is 16.5. The van der Waals surface area contributed by atoms with Gasteiger partial charge in [-0.05, 0) is 37.5 Å². The first-order valence-electron chi connectivity index (χ1n) is 7.59. The number of rotatable bonds is 8. The molecule has 2 aliphatic rings. The summed E-state index contributed by atoms with van der Waals surface area (Å²) in [6, 6.07) is 0. The van der Waals surface area contributed by atoms with E-state index >= 15 is 0 Å². The molecule has 2 saturated carbocycles. The second kappa shape index (κ2) is 6.75. The average molecular weight is 240 g/mol. The zero-order chi connectivity index (χ0) is 12.1. The normalized spacial score (nSPS) is 35.6. The molecule has 17 heavy (non-hydrogen) atoms.